The van der Waals surface area contributed by atoms with Gasteiger partial charge in [-0.1, -0.05) is 12.1 Å². The van der Waals surface area contributed by atoms with Crippen molar-refractivity contribution in [1.82, 2.24) is 15.1 Å². The van der Waals surface area contributed by atoms with Gasteiger partial charge in [-0.25, -0.2) is 0 Å². The summed E-state index contributed by atoms with van der Waals surface area (Å²) in [6.07, 6.45) is 1.12. The highest BCUT2D eigenvalue weighted by Gasteiger charge is 2.40. The lowest BCUT2D eigenvalue weighted by atomic mass is 9.80. The molecule has 0 saturated carbocycles. The second kappa shape index (κ2) is 8.52. The third kappa shape index (κ3) is 3.90. The van der Waals surface area contributed by atoms with Crippen LogP contribution in [-0.4, -0.2) is 62.1 Å². The van der Waals surface area contributed by atoms with Crippen molar-refractivity contribution in [2.24, 2.45) is 5.92 Å². The summed E-state index contributed by atoms with van der Waals surface area (Å²) in [7, 11) is 2.11. The number of rotatable bonds is 4. The Morgan fingerprint density at radius 2 is 1.84 bits per heavy atom. The Hall–Kier alpha value is -2.57. The number of carbonyl (C=O) groups is 1. The number of carbonyl (C=O) groups excluding carboxylic acids is 1. The van der Waals surface area contributed by atoms with E-state index >= 15 is 0 Å². The number of benzene rings is 2. The first-order chi connectivity index (χ1) is 15.1. The quantitative estimate of drug-likeness (QED) is 0.795. The minimum Gasteiger partial charge on any atom is -0.494 e. The summed E-state index contributed by atoms with van der Waals surface area (Å²) in [6, 6.07) is 15.2. The molecule has 2 fully saturated rings. The van der Waals surface area contributed by atoms with Gasteiger partial charge in [0.05, 0.1) is 12.6 Å². The predicted octanol–water partition coefficient (Wildman–Crippen LogP) is 3.29. The molecule has 0 spiro atoms. The predicted molar refractivity (Wildman–Crippen MR) is 123 cm³/mol. The maximum atomic E-state index is 13.1. The standard InChI is InChI=1S/C25H32N4O2/c1-3-31-19-7-4-17(5-8-19)23-20-10-11-26-24(20)21-16-18(6-9-22(21)27-23)25(30)29-14-12-28(2)13-15-29/h4-9,16,20,23-24,26-27H,3,10-15H2,1-2H3/t20-,23?,24-/m0/s1. The molecule has 0 radical (unpaired) electrons. The van der Waals surface area contributed by atoms with Crippen molar-refractivity contribution in [3.05, 3.63) is 59.2 Å². The van der Waals surface area contributed by atoms with Crippen LogP contribution in [0.2, 0.25) is 0 Å². The van der Waals surface area contributed by atoms with Crippen molar-refractivity contribution in [3.63, 3.8) is 0 Å². The first-order valence-corrected chi connectivity index (χ1v) is 11.5. The number of likely N-dealkylation sites (N-methyl/N-ethyl adjacent to an activating group) is 1. The summed E-state index contributed by atoms with van der Waals surface area (Å²) in [5, 5.41) is 7.48. The van der Waals surface area contributed by atoms with E-state index in [2.05, 4.69) is 59.0 Å². The fourth-order valence-electron chi connectivity index (χ4n) is 5.24. The van der Waals surface area contributed by atoms with Gasteiger partial charge in [-0.2, -0.15) is 0 Å². The van der Waals surface area contributed by atoms with Gasteiger partial charge in [0, 0.05) is 49.4 Å². The Labute approximate surface area is 184 Å². The van der Waals surface area contributed by atoms with Gasteiger partial charge in [0.1, 0.15) is 5.75 Å². The van der Waals surface area contributed by atoms with Gasteiger partial charge >= 0.3 is 0 Å². The van der Waals surface area contributed by atoms with Crippen LogP contribution in [0.5, 0.6) is 5.75 Å². The lowest BCUT2D eigenvalue weighted by Gasteiger charge is -2.38. The first-order valence-electron chi connectivity index (χ1n) is 11.5. The number of hydrogen-bond donors (Lipinski definition) is 2. The summed E-state index contributed by atoms with van der Waals surface area (Å²) in [4.78, 5) is 17.4. The van der Waals surface area contributed by atoms with Crippen LogP contribution in [0.1, 0.15) is 46.9 Å². The molecule has 2 saturated heterocycles. The minimum atomic E-state index is 0.152. The lowest BCUT2D eigenvalue weighted by molar-refractivity contribution is 0.0664. The molecule has 6 nitrogen and oxygen atoms in total. The summed E-state index contributed by atoms with van der Waals surface area (Å²) in [5.74, 6) is 1.52. The molecule has 0 aromatic heterocycles. The van der Waals surface area contributed by atoms with E-state index in [1.165, 1.54) is 11.1 Å². The molecule has 1 amide bonds. The molecule has 31 heavy (non-hydrogen) atoms. The van der Waals surface area contributed by atoms with Crippen LogP contribution in [0.3, 0.4) is 0 Å². The number of hydrogen-bond acceptors (Lipinski definition) is 5. The molecule has 2 aromatic carbocycles. The second-order valence-corrected chi connectivity index (χ2v) is 8.91. The minimum absolute atomic E-state index is 0.152. The molecule has 3 atom stereocenters. The van der Waals surface area contributed by atoms with Gasteiger partial charge in [-0.05, 0) is 68.4 Å². The molecular formula is C25H32N4O2. The molecule has 164 valence electrons. The highest BCUT2D eigenvalue weighted by atomic mass is 16.5. The van der Waals surface area contributed by atoms with Crippen molar-refractivity contribution in [3.8, 4) is 5.75 Å². The lowest BCUT2D eigenvalue weighted by Crippen LogP contribution is -2.47. The highest BCUT2D eigenvalue weighted by molar-refractivity contribution is 5.95. The molecule has 5 rings (SSSR count). The third-order valence-corrected chi connectivity index (χ3v) is 6.98. The number of amides is 1. The van der Waals surface area contributed by atoms with Gasteiger partial charge < -0.3 is 25.2 Å². The fraction of sp³-hybridized carbons (Fsp3) is 0.480. The molecular weight excluding hydrogens is 388 g/mol. The smallest absolute Gasteiger partial charge is 0.253 e. The van der Waals surface area contributed by atoms with E-state index in [1.54, 1.807) is 0 Å². The largest absolute Gasteiger partial charge is 0.494 e. The number of nitrogens with one attached hydrogen (secondary N) is 2. The summed E-state index contributed by atoms with van der Waals surface area (Å²) < 4.78 is 5.61. The Morgan fingerprint density at radius 3 is 2.58 bits per heavy atom. The average Bonchev–Trinajstić information content (AvgIpc) is 3.29. The van der Waals surface area contributed by atoms with Crippen molar-refractivity contribution in [1.29, 1.82) is 0 Å². The van der Waals surface area contributed by atoms with Crippen molar-refractivity contribution >= 4 is 11.6 Å². The fourth-order valence-corrected chi connectivity index (χ4v) is 5.24. The maximum Gasteiger partial charge on any atom is 0.253 e. The van der Waals surface area contributed by atoms with Crippen molar-refractivity contribution in [2.75, 3.05) is 51.7 Å². The normalized spacial score (nSPS) is 25.5. The number of anilines is 1. The second-order valence-electron chi connectivity index (χ2n) is 8.91. The van der Waals surface area contributed by atoms with Crippen LogP contribution in [0.15, 0.2) is 42.5 Å². The molecule has 1 unspecified atom stereocenters. The van der Waals surface area contributed by atoms with Crippen LogP contribution in [0.25, 0.3) is 0 Å². The van der Waals surface area contributed by atoms with Crippen molar-refractivity contribution in [2.45, 2.75) is 25.4 Å². The zero-order chi connectivity index (χ0) is 21.4. The molecule has 3 aliphatic rings. The third-order valence-electron chi connectivity index (χ3n) is 6.98. The molecule has 3 aliphatic heterocycles. The zero-order valence-electron chi connectivity index (χ0n) is 18.4. The van der Waals surface area contributed by atoms with Gasteiger partial charge in [0.15, 0.2) is 0 Å². The van der Waals surface area contributed by atoms with Gasteiger partial charge in [0.2, 0.25) is 0 Å². The van der Waals surface area contributed by atoms with E-state index < -0.39 is 0 Å². The molecule has 6 heteroatoms. The molecule has 0 bridgehead atoms. The van der Waals surface area contributed by atoms with E-state index in [0.717, 1.165) is 56.1 Å². The number of piperazine rings is 1. The van der Waals surface area contributed by atoms with Crippen LogP contribution in [-0.2, 0) is 0 Å². The Morgan fingerprint density at radius 1 is 1.06 bits per heavy atom. The highest BCUT2D eigenvalue weighted by Crippen LogP contribution is 2.47. The molecule has 3 heterocycles. The molecule has 0 aliphatic carbocycles. The number of fused-ring (bicyclic) bond motifs is 3. The average molecular weight is 421 g/mol. The van der Waals surface area contributed by atoms with E-state index in [0.29, 0.717) is 12.5 Å². The van der Waals surface area contributed by atoms with Crippen LogP contribution < -0.4 is 15.4 Å². The molecule has 2 aromatic rings. The zero-order valence-corrected chi connectivity index (χ0v) is 18.4. The monoisotopic (exact) mass is 420 g/mol. The van der Waals surface area contributed by atoms with Crippen LogP contribution in [0, 0.1) is 5.92 Å². The summed E-state index contributed by atoms with van der Waals surface area (Å²) >= 11 is 0. The van der Waals surface area contributed by atoms with E-state index in [9.17, 15) is 4.79 Å². The van der Waals surface area contributed by atoms with E-state index in [-0.39, 0.29) is 18.0 Å². The Bertz CT molecular complexity index is 937. The topological polar surface area (TPSA) is 56.8 Å². The Balaban J connectivity index is 1.40. The van der Waals surface area contributed by atoms with E-state index in [4.69, 9.17) is 4.74 Å². The van der Waals surface area contributed by atoms with E-state index in [1.807, 2.05) is 17.9 Å². The number of ether oxygens (including phenoxy) is 1. The van der Waals surface area contributed by atoms with Crippen LogP contribution in [0.4, 0.5) is 5.69 Å². The number of nitrogens with zero attached hydrogens (tertiary/aromatic N) is 2. The first kappa shape index (κ1) is 20.3. The van der Waals surface area contributed by atoms with Crippen LogP contribution >= 0.6 is 0 Å². The Kier molecular flexibility index (Phi) is 5.59. The van der Waals surface area contributed by atoms with Crippen molar-refractivity contribution < 1.29 is 9.53 Å². The maximum absolute atomic E-state index is 13.1. The SMILES string of the molecule is CCOc1ccc(C2Nc3ccc(C(=O)N4CCN(C)CC4)cc3[C@H]3NCC[C@@H]23)cc1. The van der Waals surface area contributed by atoms with Gasteiger partial charge in [0.25, 0.3) is 5.91 Å². The van der Waals surface area contributed by atoms with Gasteiger partial charge in [-0.3, -0.25) is 4.79 Å². The van der Waals surface area contributed by atoms with Gasteiger partial charge in [-0.15, -0.1) is 0 Å². The summed E-state index contributed by atoms with van der Waals surface area (Å²) in [6.45, 7) is 7.16. The summed E-state index contributed by atoms with van der Waals surface area (Å²) in [5.41, 5.74) is 4.44. The molecule has 2 N–H and O–H groups in total.